The Kier molecular flexibility index (Phi) is 7.13. The highest BCUT2D eigenvalue weighted by molar-refractivity contribution is 5.20. The summed E-state index contributed by atoms with van der Waals surface area (Å²) in [6, 6.07) is 2.58. The van der Waals surface area contributed by atoms with Crippen LogP contribution in [0.1, 0.15) is 37.4 Å². The van der Waals surface area contributed by atoms with E-state index in [2.05, 4.69) is 44.2 Å². The van der Waals surface area contributed by atoms with E-state index in [0.717, 1.165) is 37.6 Å². The number of nitrogens with zero attached hydrogens (tertiary/aromatic N) is 1. The first-order chi connectivity index (χ1) is 8.99. The zero-order valence-electron chi connectivity index (χ0n) is 13.0. The number of ether oxygens (including phenoxy) is 1. The minimum atomic E-state index is 0.486. The summed E-state index contributed by atoms with van der Waals surface area (Å²) in [6.07, 6.45) is 1.05. The maximum Gasteiger partial charge on any atom is 0.130 e. The molecule has 1 aromatic heterocycles. The molecule has 0 aliphatic heterocycles. The first-order valence-corrected chi connectivity index (χ1v) is 7.03. The van der Waals surface area contributed by atoms with E-state index in [-0.39, 0.29) is 0 Å². The normalized spacial score (nSPS) is 11.7. The molecule has 0 aromatic carbocycles. The van der Waals surface area contributed by atoms with Crippen molar-refractivity contribution >= 4 is 0 Å². The molecule has 19 heavy (non-hydrogen) atoms. The molecule has 1 heterocycles. The van der Waals surface area contributed by atoms with Gasteiger partial charge in [-0.2, -0.15) is 0 Å². The van der Waals surface area contributed by atoms with Gasteiger partial charge in [0.15, 0.2) is 0 Å². The minimum Gasteiger partial charge on any atom is -0.464 e. The molecule has 0 spiro atoms. The summed E-state index contributed by atoms with van der Waals surface area (Å²) < 4.78 is 11.3. The molecule has 4 nitrogen and oxygen atoms in total. The van der Waals surface area contributed by atoms with Crippen molar-refractivity contribution in [2.75, 3.05) is 27.2 Å². The smallest absolute Gasteiger partial charge is 0.130 e. The number of furan rings is 1. The molecule has 4 heteroatoms. The SMILES string of the molecule is Cc1oc(COCCCN(C)C)cc1CNC(C)C. The summed E-state index contributed by atoms with van der Waals surface area (Å²) in [4.78, 5) is 2.16. The Morgan fingerprint density at radius 3 is 2.74 bits per heavy atom. The Balaban J connectivity index is 2.29. The Morgan fingerprint density at radius 1 is 1.37 bits per heavy atom. The zero-order valence-corrected chi connectivity index (χ0v) is 13.0. The Hall–Kier alpha value is -0.840. The fourth-order valence-corrected chi connectivity index (χ4v) is 1.80. The third-order valence-corrected chi connectivity index (χ3v) is 2.91. The van der Waals surface area contributed by atoms with Gasteiger partial charge in [0.1, 0.15) is 18.1 Å². The lowest BCUT2D eigenvalue weighted by Crippen LogP contribution is -2.21. The number of hydrogen-bond donors (Lipinski definition) is 1. The standard InChI is InChI=1S/C15H28N2O2/c1-12(2)16-10-14-9-15(19-13(14)3)11-18-8-6-7-17(4)5/h9,12,16H,6-8,10-11H2,1-5H3. The van der Waals surface area contributed by atoms with Gasteiger partial charge in [-0.3, -0.25) is 0 Å². The summed E-state index contributed by atoms with van der Waals surface area (Å²) >= 11 is 0. The van der Waals surface area contributed by atoms with Crippen LogP contribution in [0.3, 0.4) is 0 Å². The molecule has 0 aliphatic carbocycles. The molecule has 1 aromatic rings. The lowest BCUT2D eigenvalue weighted by Gasteiger charge is -2.08. The fraction of sp³-hybridized carbons (Fsp3) is 0.733. The molecular weight excluding hydrogens is 240 g/mol. The predicted octanol–water partition coefficient (Wildman–Crippen LogP) is 2.55. The van der Waals surface area contributed by atoms with Gasteiger partial charge in [-0.05, 0) is 40.1 Å². The highest BCUT2D eigenvalue weighted by Crippen LogP contribution is 2.15. The predicted molar refractivity (Wildman–Crippen MR) is 78.2 cm³/mol. The van der Waals surface area contributed by atoms with Crippen LogP contribution in [0.25, 0.3) is 0 Å². The molecule has 0 saturated carbocycles. The summed E-state index contributed by atoms with van der Waals surface area (Å²) in [5.41, 5.74) is 1.22. The molecule has 0 radical (unpaired) electrons. The van der Waals surface area contributed by atoms with E-state index in [1.165, 1.54) is 5.56 Å². The van der Waals surface area contributed by atoms with E-state index in [1.807, 2.05) is 6.92 Å². The first kappa shape index (κ1) is 16.2. The highest BCUT2D eigenvalue weighted by atomic mass is 16.5. The molecule has 110 valence electrons. The van der Waals surface area contributed by atoms with Crippen LogP contribution in [0.15, 0.2) is 10.5 Å². The van der Waals surface area contributed by atoms with Gasteiger partial charge in [0.05, 0.1) is 0 Å². The van der Waals surface area contributed by atoms with Crippen molar-refractivity contribution in [2.24, 2.45) is 0 Å². The van der Waals surface area contributed by atoms with E-state index in [4.69, 9.17) is 9.15 Å². The van der Waals surface area contributed by atoms with Crippen LogP contribution in [0.5, 0.6) is 0 Å². The molecule has 0 fully saturated rings. The van der Waals surface area contributed by atoms with Crippen molar-refractivity contribution in [1.82, 2.24) is 10.2 Å². The molecule has 0 saturated heterocycles. The molecule has 0 aliphatic rings. The molecule has 1 rings (SSSR count). The van der Waals surface area contributed by atoms with Crippen molar-refractivity contribution in [3.63, 3.8) is 0 Å². The zero-order chi connectivity index (χ0) is 14.3. The van der Waals surface area contributed by atoms with Crippen molar-refractivity contribution in [3.05, 3.63) is 23.2 Å². The lowest BCUT2D eigenvalue weighted by atomic mass is 10.2. The van der Waals surface area contributed by atoms with Crippen LogP contribution in [0.2, 0.25) is 0 Å². The number of aryl methyl sites for hydroxylation is 1. The molecule has 0 atom stereocenters. The molecule has 0 unspecified atom stereocenters. The fourth-order valence-electron chi connectivity index (χ4n) is 1.80. The lowest BCUT2D eigenvalue weighted by molar-refractivity contribution is 0.0988. The summed E-state index contributed by atoms with van der Waals surface area (Å²) in [5, 5.41) is 3.40. The van der Waals surface area contributed by atoms with Gasteiger partial charge in [-0.15, -0.1) is 0 Å². The topological polar surface area (TPSA) is 37.6 Å². The quantitative estimate of drug-likeness (QED) is 0.699. The van der Waals surface area contributed by atoms with Crippen LogP contribution in [-0.4, -0.2) is 38.2 Å². The molecule has 0 bridgehead atoms. The van der Waals surface area contributed by atoms with Crippen LogP contribution < -0.4 is 5.32 Å². The Bertz CT molecular complexity index is 359. The van der Waals surface area contributed by atoms with E-state index >= 15 is 0 Å². The number of rotatable bonds is 9. The third kappa shape index (κ3) is 6.76. The largest absolute Gasteiger partial charge is 0.464 e. The third-order valence-electron chi connectivity index (χ3n) is 2.91. The van der Waals surface area contributed by atoms with Crippen molar-refractivity contribution in [2.45, 2.75) is 46.4 Å². The summed E-state index contributed by atoms with van der Waals surface area (Å²) in [7, 11) is 4.15. The molecule has 0 amide bonds. The van der Waals surface area contributed by atoms with E-state index in [1.54, 1.807) is 0 Å². The second kappa shape index (κ2) is 8.35. The van der Waals surface area contributed by atoms with Crippen molar-refractivity contribution < 1.29 is 9.15 Å². The second-order valence-corrected chi connectivity index (χ2v) is 5.54. The van der Waals surface area contributed by atoms with Gasteiger partial charge in [0.25, 0.3) is 0 Å². The van der Waals surface area contributed by atoms with E-state index in [0.29, 0.717) is 12.6 Å². The number of hydrogen-bond acceptors (Lipinski definition) is 4. The monoisotopic (exact) mass is 268 g/mol. The summed E-state index contributed by atoms with van der Waals surface area (Å²) in [5.74, 6) is 1.91. The van der Waals surface area contributed by atoms with Gasteiger partial charge < -0.3 is 19.4 Å². The molecular formula is C15H28N2O2. The average molecular weight is 268 g/mol. The van der Waals surface area contributed by atoms with Gasteiger partial charge in [-0.25, -0.2) is 0 Å². The first-order valence-electron chi connectivity index (χ1n) is 7.03. The van der Waals surface area contributed by atoms with Crippen molar-refractivity contribution in [3.8, 4) is 0 Å². The Morgan fingerprint density at radius 2 is 2.11 bits per heavy atom. The van der Waals surface area contributed by atoms with Gasteiger partial charge in [0.2, 0.25) is 0 Å². The second-order valence-electron chi connectivity index (χ2n) is 5.54. The maximum atomic E-state index is 5.70. The minimum absolute atomic E-state index is 0.486. The highest BCUT2D eigenvalue weighted by Gasteiger charge is 2.07. The maximum absolute atomic E-state index is 5.70. The number of nitrogens with one attached hydrogen (secondary N) is 1. The van der Waals surface area contributed by atoms with E-state index in [9.17, 15) is 0 Å². The van der Waals surface area contributed by atoms with Crippen LogP contribution in [0, 0.1) is 6.92 Å². The van der Waals surface area contributed by atoms with Crippen molar-refractivity contribution in [1.29, 1.82) is 0 Å². The van der Waals surface area contributed by atoms with Crippen LogP contribution in [0.4, 0.5) is 0 Å². The average Bonchev–Trinajstić information content (AvgIpc) is 2.66. The van der Waals surface area contributed by atoms with Gasteiger partial charge >= 0.3 is 0 Å². The van der Waals surface area contributed by atoms with E-state index < -0.39 is 0 Å². The molecule has 1 N–H and O–H groups in total. The summed E-state index contributed by atoms with van der Waals surface area (Å²) in [6.45, 7) is 9.54. The van der Waals surface area contributed by atoms with Gasteiger partial charge in [-0.1, -0.05) is 13.8 Å². The van der Waals surface area contributed by atoms with Crippen LogP contribution >= 0.6 is 0 Å². The van der Waals surface area contributed by atoms with Gasteiger partial charge in [0, 0.05) is 24.8 Å². The van der Waals surface area contributed by atoms with Crippen LogP contribution in [-0.2, 0) is 17.9 Å². The Labute approximate surface area is 117 Å².